The lowest BCUT2D eigenvalue weighted by Gasteiger charge is -2.19. The molecule has 0 bridgehead atoms. The normalized spacial score (nSPS) is 12.8. The largest absolute Gasteiger partial charge is 0.444 e. The molecular formula is C31H29ClFN7O4S2. The fourth-order valence-corrected chi connectivity index (χ4v) is 7.24. The van der Waals surface area contributed by atoms with Gasteiger partial charge in [0.2, 0.25) is 11.8 Å². The summed E-state index contributed by atoms with van der Waals surface area (Å²) in [5, 5.41) is 26.4. The first-order valence-corrected chi connectivity index (χ1v) is 16.7. The summed E-state index contributed by atoms with van der Waals surface area (Å²) in [5.74, 6) is 1.67. The van der Waals surface area contributed by atoms with Crippen LogP contribution in [0.4, 0.5) is 20.0 Å². The van der Waals surface area contributed by atoms with Crippen molar-refractivity contribution in [2.24, 2.45) is 0 Å². The Labute approximate surface area is 276 Å². The van der Waals surface area contributed by atoms with E-state index in [0.29, 0.717) is 61.6 Å². The average Bonchev–Trinajstić information content (AvgIpc) is 3.75. The molecule has 2 N–H and O–H groups in total. The van der Waals surface area contributed by atoms with Gasteiger partial charge in [0.1, 0.15) is 28.3 Å². The number of thioether (sulfide) groups is 1. The maximum atomic E-state index is 15.3. The molecule has 6 rings (SSSR count). The number of benzene rings is 2. The molecule has 0 saturated carbocycles. The molecule has 0 spiro atoms. The van der Waals surface area contributed by atoms with Crippen LogP contribution in [-0.2, 0) is 35.7 Å². The van der Waals surface area contributed by atoms with Crippen LogP contribution in [0.3, 0.4) is 0 Å². The van der Waals surface area contributed by atoms with Crippen LogP contribution >= 0.6 is 34.7 Å². The SMILES string of the molecule is CCSc1nc(NCc2nnc(CC)o2)c2c3c(c(-c4ccc(F)c5sc(NC(=O)OC(C)(C)C)c(C#N)c45)c(Cl)c2n1)COC3. The van der Waals surface area contributed by atoms with Crippen molar-refractivity contribution >= 4 is 72.6 Å². The van der Waals surface area contributed by atoms with Gasteiger partial charge in [-0.15, -0.1) is 21.5 Å². The highest BCUT2D eigenvalue weighted by Crippen LogP contribution is 2.49. The minimum atomic E-state index is -0.766. The number of halogens is 2. The summed E-state index contributed by atoms with van der Waals surface area (Å²) in [6.45, 7) is 9.84. The molecule has 1 aliphatic rings. The second-order valence-corrected chi connectivity index (χ2v) is 13.9. The highest BCUT2D eigenvalue weighted by atomic mass is 35.5. The van der Waals surface area contributed by atoms with Gasteiger partial charge in [0, 0.05) is 17.4 Å². The number of anilines is 2. The van der Waals surface area contributed by atoms with Gasteiger partial charge in [-0.05, 0) is 49.3 Å². The van der Waals surface area contributed by atoms with Crippen LogP contribution in [0.25, 0.3) is 32.1 Å². The Morgan fingerprint density at radius 2 is 1.93 bits per heavy atom. The number of nitrogens with one attached hydrogen (secondary N) is 2. The molecule has 0 fully saturated rings. The van der Waals surface area contributed by atoms with Crippen molar-refractivity contribution in [2.75, 3.05) is 16.4 Å². The summed E-state index contributed by atoms with van der Waals surface area (Å²) in [6, 6.07) is 5.09. The summed E-state index contributed by atoms with van der Waals surface area (Å²) in [6.07, 6.45) is -0.128. The van der Waals surface area contributed by atoms with Gasteiger partial charge in [-0.2, -0.15) is 5.26 Å². The second-order valence-electron chi connectivity index (χ2n) is 11.3. The highest BCUT2D eigenvalue weighted by molar-refractivity contribution is 7.99. The first-order chi connectivity index (χ1) is 22.0. The Balaban J connectivity index is 1.55. The minimum absolute atomic E-state index is 0.0995. The number of hydrogen-bond acceptors (Lipinski definition) is 12. The lowest BCUT2D eigenvalue weighted by Crippen LogP contribution is -2.27. The maximum Gasteiger partial charge on any atom is 0.412 e. The lowest BCUT2D eigenvalue weighted by atomic mass is 9.91. The number of aromatic nitrogens is 4. The number of nitriles is 1. The van der Waals surface area contributed by atoms with E-state index in [0.717, 1.165) is 28.2 Å². The molecule has 0 saturated heterocycles. The van der Waals surface area contributed by atoms with Crippen LogP contribution in [0, 0.1) is 17.1 Å². The number of hydrogen-bond donors (Lipinski definition) is 2. The van der Waals surface area contributed by atoms with Gasteiger partial charge >= 0.3 is 6.09 Å². The van der Waals surface area contributed by atoms with Crippen molar-refractivity contribution in [3.05, 3.63) is 51.4 Å². The Morgan fingerprint density at radius 1 is 1.17 bits per heavy atom. The number of carbonyl (C=O) groups is 1. The van der Waals surface area contributed by atoms with Gasteiger partial charge in [-0.3, -0.25) is 5.32 Å². The predicted molar refractivity (Wildman–Crippen MR) is 176 cm³/mol. The fourth-order valence-electron chi connectivity index (χ4n) is 5.25. The van der Waals surface area contributed by atoms with Gasteiger partial charge in [0.25, 0.3) is 0 Å². The third-order valence-corrected chi connectivity index (χ3v) is 9.27. The number of thiophene rings is 1. The van der Waals surface area contributed by atoms with Crippen molar-refractivity contribution in [2.45, 2.75) is 71.6 Å². The molecule has 0 radical (unpaired) electrons. The molecule has 5 aromatic rings. The standard InChI is InChI=1S/C31H29ClFN7O4S2/c1-6-19-39-40-20(43-19)11-35-27-23-17-13-42-12-16(17)21(24(32)25(23)36-29(37-27)45-7-2)14-8-9-18(33)26-22(14)15(10-34)28(46-26)38-30(41)44-31(3,4)5/h8-9H,6-7,11-13H2,1-5H3,(H,38,41)(H,35,36,37). The predicted octanol–water partition coefficient (Wildman–Crippen LogP) is 8.22. The third kappa shape index (κ3) is 5.95. The van der Waals surface area contributed by atoms with E-state index in [9.17, 15) is 10.1 Å². The molecule has 0 unspecified atom stereocenters. The quantitative estimate of drug-likeness (QED) is 0.120. The van der Waals surface area contributed by atoms with Crippen LogP contribution in [0.1, 0.15) is 63.1 Å². The van der Waals surface area contributed by atoms with Crippen molar-refractivity contribution in [3.8, 4) is 17.2 Å². The zero-order valence-electron chi connectivity index (χ0n) is 25.6. The van der Waals surface area contributed by atoms with Crippen LogP contribution in [0.2, 0.25) is 5.02 Å². The first kappa shape index (κ1) is 31.9. The Kier molecular flexibility index (Phi) is 8.77. The van der Waals surface area contributed by atoms with E-state index in [1.807, 2.05) is 13.8 Å². The van der Waals surface area contributed by atoms with E-state index in [-0.39, 0.29) is 35.0 Å². The molecule has 1 aliphatic heterocycles. The first-order valence-electron chi connectivity index (χ1n) is 14.5. The van der Waals surface area contributed by atoms with E-state index in [4.69, 9.17) is 35.5 Å². The molecule has 46 heavy (non-hydrogen) atoms. The molecule has 0 atom stereocenters. The zero-order chi connectivity index (χ0) is 32.7. The molecular weight excluding hydrogens is 653 g/mol. The van der Waals surface area contributed by atoms with Crippen LogP contribution in [-0.4, -0.2) is 37.6 Å². The molecule has 238 valence electrons. The van der Waals surface area contributed by atoms with Gasteiger partial charge < -0.3 is 19.2 Å². The molecule has 0 aliphatic carbocycles. The fraction of sp³-hybridized carbons (Fsp3) is 0.355. The topological polar surface area (TPSA) is 148 Å². The monoisotopic (exact) mass is 681 g/mol. The number of nitrogens with zero attached hydrogens (tertiary/aromatic N) is 5. The molecule has 3 aromatic heterocycles. The van der Waals surface area contributed by atoms with Gasteiger partial charge in [0.05, 0.1) is 45.9 Å². The maximum absolute atomic E-state index is 15.3. The molecule has 11 nitrogen and oxygen atoms in total. The Hall–Kier alpha value is -4.03. The minimum Gasteiger partial charge on any atom is -0.444 e. The Morgan fingerprint density at radius 3 is 2.63 bits per heavy atom. The van der Waals surface area contributed by atoms with E-state index in [1.165, 1.54) is 17.8 Å². The zero-order valence-corrected chi connectivity index (χ0v) is 28.0. The summed E-state index contributed by atoms with van der Waals surface area (Å²) in [7, 11) is 0. The summed E-state index contributed by atoms with van der Waals surface area (Å²) >= 11 is 9.67. The molecule has 15 heteroatoms. The van der Waals surface area contributed by atoms with Crippen LogP contribution in [0.15, 0.2) is 21.7 Å². The number of carbonyl (C=O) groups excluding carboxylic acids is 1. The van der Waals surface area contributed by atoms with E-state index < -0.39 is 17.5 Å². The van der Waals surface area contributed by atoms with Gasteiger partial charge in [-0.1, -0.05) is 43.3 Å². The molecule has 2 aromatic carbocycles. The van der Waals surface area contributed by atoms with Crippen molar-refractivity contribution in [1.82, 2.24) is 20.2 Å². The van der Waals surface area contributed by atoms with Crippen molar-refractivity contribution < 1.29 is 23.1 Å². The number of rotatable bonds is 8. The summed E-state index contributed by atoms with van der Waals surface area (Å²) < 4.78 is 32.6. The summed E-state index contributed by atoms with van der Waals surface area (Å²) in [4.78, 5) is 22.3. The molecule has 1 amide bonds. The number of ether oxygens (including phenoxy) is 2. The summed E-state index contributed by atoms with van der Waals surface area (Å²) in [5.41, 5.74) is 2.50. The van der Waals surface area contributed by atoms with Crippen molar-refractivity contribution in [3.63, 3.8) is 0 Å². The van der Waals surface area contributed by atoms with Crippen molar-refractivity contribution in [1.29, 1.82) is 5.26 Å². The van der Waals surface area contributed by atoms with Gasteiger partial charge in [0.15, 0.2) is 5.16 Å². The van der Waals surface area contributed by atoms with E-state index in [2.05, 4.69) is 26.9 Å². The van der Waals surface area contributed by atoms with Crippen LogP contribution < -0.4 is 10.6 Å². The lowest BCUT2D eigenvalue weighted by molar-refractivity contribution is 0.0636. The third-order valence-electron chi connectivity index (χ3n) is 7.05. The average molecular weight is 682 g/mol. The number of fused-ring (bicyclic) bond motifs is 4. The van der Waals surface area contributed by atoms with Crippen LogP contribution in [0.5, 0.6) is 0 Å². The Bertz CT molecular complexity index is 2050. The smallest absolute Gasteiger partial charge is 0.412 e. The van der Waals surface area contributed by atoms with Gasteiger partial charge in [-0.25, -0.2) is 19.2 Å². The number of amides is 1. The second kappa shape index (κ2) is 12.6. The number of aryl methyl sites for hydroxylation is 1. The van der Waals surface area contributed by atoms with E-state index in [1.54, 1.807) is 26.8 Å². The van der Waals surface area contributed by atoms with E-state index >= 15 is 4.39 Å². The highest BCUT2D eigenvalue weighted by Gasteiger charge is 2.30. The molecule has 4 heterocycles.